The molecular weight excluding hydrogens is 366 g/mol. The van der Waals surface area contributed by atoms with Crippen LogP contribution in [0.15, 0.2) is 37.0 Å². The third-order valence-corrected chi connectivity index (χ3v) is 7.15. The Bertz CT molecular complexity index is 511. The maximum absolute atomic E-state index is 6.65. The molecule has 0 saturated carbocycles. The van der Waals surface area contributed by atoms with Gasteiger partial charge in [-0.1, -0.05) is 71.4 Å². The highest BCUT2D eigenvalue weighted by molar-refractivity contribution is 6.13. The lowest BCUT2D eigenvalue weighted by Crippen LogP contribution is -2.33. The number of allylic oxidation sites excluding steroid dienone is 1. The molecule has 0 bridgehead atoms. The molecule has 164 valence electrons. The van der Waals surface area contributed by atoms with E-state index in [2.05, 4.69) is 80.7 Å². The van der Waals surface area contributed by atoms with Crippen molar-refractivity contribution >= 4 is 11.8 Å². The maximum atomic E-state index is 6.65. The minimum absolute atomic E-state index is 0.189. The molecule has 0 saturated heterocycles. The first-order chi connectivity index (χ1) is 12.8. The van der Waals surface area contributed by atoms with E-state index >= 15 is 0 Å². The van der Waals surface area contributed by atoms with Crippen molar-refractivity contribution in [2.45, 2.75) is 98.8 Å². The highest BCUT2D eigenvalue weighted by atomic mass is 35.5. The van der Waals surface area contributed by atoms with Crippen LogP contribution in [0.25, 0.3) is 0 Å². The van der Waals surface area contributed by atoms with Crippen molar-refractivity contribution in [2.75, 3.05) is 7.11 Å². The van der Waals surface area contributed by atoms with Gasteiger partial charge in [0.25, 0.3) is 0 Å². The number of methoxy groups -OCH3 is 1. The van der Waals surface area contributed by atoms with Crippen LogP contribution in [-0.4, -0.2) is 29.2 Å². The van der Waals surface area contributed by atoms with E-state index in [9.17, 15) is 0 Å². The minimum atomic E-state index is -0.333. The van der Waals surface area contributed by atoms with Gasteiger partial charge in [-0.05, 0) is 63.1 Å². The van der Waals surface area contributed by atoms with Crippen LogP contribution < -0.4 is 0 Å². The van der Waals surface area contributed by atoms with Gasteiger partial charge in [0.1, 0.15) is 0 Å². The van der Waals surface area contributed by atoms with E-state index in [0.717, 1.165) is 25.7 Å². The summed E-state index contributed by atoms with van der Waals surface area (Å²) < 4.78 is 7.57. The molecule has 3 heteroatoms. The average Bonchev–Trinajstić information content (AvgIpc) is 2.65. The molecule has 0 aromatic rings. The Balaban J connectivity index is 4.52. The summed E-state index contributed by atoms with van der Waals surface area (Å²) in [5.41, 5.74) is 1.20. The first-order valence-electron chi connectivity index (χ1n) is 10.8. The second-order valence-corrected chi connectivity index (χ2v) is 9.93. The Morgan fingerprint density at radius 1 is 1.11 bits per heavy atom. The second kappa shape index (κ2) is 12.2. The molecule has 2 nitrogen and oxygen atoms in total. The fourth-order valence-corrected chi connectivity index (χ4v) is 3.74. The van der Waals surface area contributed by atoms with Crippen molar-refractivity contribution in [1.82, 2.24) is 4.42 Å². The van der Waals surface area contributed by atoms with E-state index in [0.29, 0.717) is 12.0 Å². The fraction of sp³-hybridized carbons (Fsp3) is 0.760. The van der Waals surface area contributed by atoms with Gasteiger partial charge in [0.2, 0.25) is 0 Å². The van der Waals surface area contributed by atoms with Gasteiger partial charge in [0.05, 0.1) is 5.60 Å². The zero-order chi connectivity index (χ0) is 22.1. The predicted octanol–water partition coefficient (Wildman–Crippen LogP) is 7.80. The lowest BCUT2D eigenvalue weighted by molar-refractivity contribution is 0.0196. The average molecular weight is 412 g/mol. The summed E-state index contributed by atoms with van der Waals surface area (Å²) in [5.74, 6) is 0.798. The Labute approximate surface area is 181 Å². The maximum Gasteiger partial charge on any atom is 0.0887 e. The SMILES string of the molecule is C=CC(C)(OC)C(C)/C=C\CC(C)N(Cl)C(C)CCCC(C)(C)C(=C)C(C)C. The molecule has 0 aliphatic heterocycles. The summed E-state index contributed by atoms with van der Waals surface area (Å²) in [6.07, 6.45) is 10.6. The van der Waals surface area contributed by atoms with Crippen LogP contribution in [-0.2, 0) is 4.74 Å². The van der Waals surface area contributed by atoms with E-state index in [-0.39, 0.29) is 23.0 Å². The Morgan fingerprint density at radius 3 is 2.14 bits per heavy atom. The van der Waals surface area contributed by atoms with Crippen LogP contribution in [0.4, 0.5) is 0 Å². The van der Waals surface area contributed by atoms with Crippen LogP contribution in [0.5, 0.6) is 0 Å². The van der Waals surface area contributed by atoms with Crippen LogP contribution in [0, 0.1) is 17.3 Å². The fourth-order valence-electron chi connectivity index (χ4n) is 3.57. The van der Waals surface area contributed by atoms with Crippen molar-refractivity contribution in [3.63, 3.8) is 0 Å². The van der Waals surface area contributed by atoms with Gasteiger partial charge >= 0.3 is 0 Å². The first-order valence-corrected chi connectivity index (χ1v) is 11.1. The van der Waals surface area contributed by atoms with Crippen molar-refractivity contribution in [3.8, 4) is 0 Å². The zero-order valence-corrected chi connectivity index (χ0v) is 20.8. The monoisotopic (exact) mass is 411 g/mol. The Morgan fingerprint density at radius 2 is 1.68 bits per heavy atom. The lowest BCUT2D eigenvalue weighted by atomic mass is 9.75. The number of halogens is 1. The summed E-state index contributed by atoms with van der Waals surface area (Å²) in [7, 11) is 1.73. The Hall–Kier alpha value is -0.570. The first kappa shape index (κ1) is 27.4. The predicted molar refractivity (Wildman–Crippen MR) is 127 cm³/mol. The molecule has 0 aromatic heterocycles. The van der Waals surface area contributed by atoms with E-state index in [1.807, 2.05) is 10.5 Å². The van der Waals surface area contributed by atoms with E-state index < -0.39 is 0 Å². The molecule has 0 fully saturated rings. The molecule has 0 aliphatic rings. The second-order valence-electron chi connectivity index (χ2n) is 9.54. The summed E-state index contributed by atoms with van der Waals surface area (Å²) >= 11 is 6.65. The number of hydrogen-bond acceptors (Lipinski definition) is 2. The highest BCUT2D eigenvalue weighted by Gasteiger charge is 2.26. The molecule has 0 rings (SSSR count). The molecule has 4 unspecified atom stereocenters. The van der Waals surface area contributed by atoms with Gasteiger partial charge in [0.15, 0.2) is 0 Å². The summed E-state index contributed by atoms with van der Waals surface area (Å²) in [4.78, 5) is 0. The number of ether oxygens (including phenoxy) is 1. The van der Waals surface area contributed by atoms with E-state index in [1.165, 1.54) is 5.57 Å². The van der Waals surface area contributed by atoms with Gasteiger partial charge in [-0.15, -0.1) is 6.58 Å². The molecule has 4 atom stereocenters. The molecule has 0 aromatic carbocycles. The number of rotatable bonds is 14. The third-order valence-electron chi connectivity index (χ3n) is 6.48. The van der Waals surface area contributed by atoms with Crippen molar-refractivity contribution in [1.29, 1.82) is 0 Å². The molecule has 0 radical (unpaired) electrons. The largest absolute Gasteiger partial charge is 0.374 e. The van der Waals surface area contributed by atoms with Gasteiger partial charge in [0, 0.05) is 25.1 Å². The van der Waals surface area contributed by atoms with Crippen LogP contribution in [0.3, 0.4) is 0 Å². The highest BCUT2D eigenvalue weighted by Crippen LogP contribution is 2.36. The third kappa shape index (κ3) is 8.43. The van der Waals surface area contributed by atoms with Crippen molar-refractivity contribution < 1.29 is 4.74 Å². The van der Waals surface area contributed by atoms with Crippen molar-refractivity contribution in [3.05, 3.63) is 37.0 Å². The summed E-state index contributed by atoms with van der Waals surface area (Å²) in [5, 5.41) is 0. The molecule has 0 amide bonds. The van der Waals surface area contributed by atoms with Gasteiger partial charge in [-0.25, -0.2) is 4.42 Å². The van der Waals surface area contributed by atoms with Crippen LogP contribution in [0.2, 0.25) is 0 Å². The van der Waals surface area contributed by atoms with Gasteiger partial charge < -0.3 is 4.74 Å². The minimum Gasteiger partial charge on any atom is -0.374 e. The lowest BCUT2D eigenvalue weighted by Gasteiger charge is -2.32. The molecule has 0 heterocycles. The molecule has 0 spiro atoms. The van der Waals surface area contributed by atoms with E-state index in [4.69, 9.17) is 16.5 Å². The van der Waals surface area contributed by atoms with E-state index in [1.54, 1.807) is 7.11 Å². The summed E-state index contributed by atoms with van der Waals surface area (Å²) in [6, 6.07) is 0.638. The summed E-state index contributed by atoms with van der Waals surface area (Å²) in [6.45, 7) is 25.9. The number of nitrogens with zero attached hydrogens (tertiary/aromatic N) is 1. The van der Waals surface area contributed by atoms with Gasteiger partial charge in [-0.3, -0.25) is 0 Å². The van der Waals surface area contributed by atoms with Crippen LogP contribution >= 0.6 is 11.8 Å². The Kier molecular flexibility index (Phi) is 12.0. The molecule has 28 heavy (non-hydrogen) atoms. The normalized spacial score (nSPS) is 18.3. The quantitative estimate of drug-likeness (QED) is 0.213. The topological polar surface area (TPSA) is 12.5 Å². The molecular formula is C25H46ClNO. The van der Waals surface area contributed by atoms with Gasteiger partial charge in [-0.2, -0.15) is 0 Å². The standard InChI is InChI=1S/C25H46ClNO/c1-12-25(10,28-11)20(4)15-13-16-21(5)27(26)22(6)17-14-18-24(8,9)23(7)19(2)3/h12-13,15,19-22H,1,7,14,16-18H2,2-6,8-11H3/b15-13-. The molecule has 0 aliphatic carbocycles. The van der Waals surface area contributed by atoms with Crippen LogP contribution in [0.1, 0.15) is 81.1 Å². The van der Waals surface area contributed by atoms with Crippen molar-refractivity contribution in [2.24, 2.45) is 17.3 Å². The molecule has 0 N–H and O–H groups in total. The smallest absolute Gasteiger partial charge is 0.0887 e. The number of hydrogen-bond donors (Lipinski definition) is 0. The zero-order valence-electron chi connectivity index (χ0n) is 20.0.